The van der Waals surface area contributed by atoms with E-state index in [9.17, 15) is 13.6 Å². The standard InChI is InChI=1S/C23H37N3O3S/c1-17(24-19-12-14-21(15-13-19)26-16-6-7-22(26)27)18-8-10-20(11-9-18)25-30(5,28,29)23(2,3)4/h12-15,18,20,24H,1,6-11,16H2,2-5H3,(H2,25,28,29). The molecule has 2 aliphatic rings. The van der Waals surface area contributed by atoms with Crippen LogP contribution in [0, 0.1) is 5.92 Å². The zero-order chi connectivity index (χ0) is 22.2. The summed E-state index contributed by atoms with van der Waals surface area (Å²) < 4.78 is 26.2. The molecular formula is C23H37N3O3S. The molecule has 0 aromatic heterocycles. The van der Waals surface area contributed by atoms with E-state index in [1.807, 2.05) is 29.2 Å². The van der Waals surface area contributed by atoms with E-state index in [1.165, 1.54) is 6.26 Å². The van der Waals surface area contributed by atoms with E-state index in [0.717, 1.165) is 55.7 Å². The Bertz CT molecular complexity index is 859. The summed E-state index contributed by atoms with van der Waals surface area (Å²) >= 11 is 0. The molecule has 3 N–H and O–H groups in total. The van der Waals surface area contributed by atoms with Gasteiger partial charge in [0, 0.05) is 42.3 Å². The van der Waals surface area contributed by atoms with Gasteiger partial charge < -0.3 is 10.2 Å². The Hall–Kier alpha value is -1.70. The summed E-state index contributed by atoms with van der Waals surface area (Å²) in [6, 6.07) is 7.98. The van der Waals surface area contributed by atoms with E-state index in [1.54, 1.807) is 20.8 Å². The highest BCUT2D eigenvalue weighted by molar-refractivity contribution is 8.14. The van der Waals surface area contributed by atoms with Crippen molar-refractivity contribution in [3.63, 3.8) is 0 Å². The van der Waals surface area contributed by atoms with Crippen LogP contribution in [0.25, 0.3) is 0 Å². The van der Waals surface area contributed by atoms with Gasteiger partial charge in [-0.1, -0.05) is 6.58 Å². The molecule has 1 aromatic carbocycles. The summed E-state index contributed by atoms with van der Waals surface area (Å²) in [5, 5.41) is 3.41. The number of rotatable bonds is 6. The summed E-state index contributed by atoms with van der Waals surface area (Å²) in [4.78, 5) is 13.7. The fourth-order valence-corrected chi connectivity index (χ4v) is 5.44. The van der Waals surface area contributed by atoms with Gasteiger partial charge in [-0.2, -0.15) is 4.21 Å². The highest BCUT2D eigenvalue weighted by Crippen LogP contribution is 2.36. The van der Waals surface area contributed by atoms with Crippen LogP contribution in [0.3, 0.4) is 0 Å². The summed E-state index contributed by atoms with van der Waals surface area (Å²) in [6.45, 7) is 10.4. The van der Waals surface area contributed by atoms with Gasteiger partial charge in [0.25, 0.3) is 0 Å². The molecule has 1 amide bonds. The Labute approximate surface area is 180 Å². The third-order valence-electron chi connectivity index (χ3n) is 6.66. The molecule has 6 nitrogen and oxygen atoms in total. The molecule has 1 aliphatic carbocycles. The average Bonchev–Trinajstić information content (AvgIpc) is 3.07. The zero-order valence-electron chi connectivity index (χ0n) is 18.7. The van der Waals surface area contributed by atoms with E-state index in [2.05, 4.69) is 16.6 Å². The minimum atomic E-state index is -3.90. The number of allylic oxidation sites excluding steroid dienone is 1. The maximum Gasteiger partial charge on any atom is 0.227 e. The Morgan fingerprint density at radius 3 is 2.27 bits per heavy atom. The lowest BCUT2D eigenvalue weighted by Gasteiger charge is -2.53. The zero-order valence-corrected chi connectivity index (χ0v) is 19.6. The highest BCUT2D eigenvalue weighted by Gasteiger charge is 2.39. The van der Waals surface area contributed by atoms with Crippen molar-refractivity contribution in [3.05, 3.63) is 36.5 Å². The van der Waals surface area contributed by atoms with Crippen molar-refractivity contribution in [2.75, 3.05) is 23.0 Å². The number of carbonyl (C=O) groups excluding carboxylic acids is 1. The summed E-state index contributed by atoms with van der Waals surface area (Å²) in [5.41, 5.74) is 2.89. The number of nitrogens with one attached hydrogen (secondary N) is 2. The largest absolute Gasteiger partial charge is 0.359 e. The summed E-state index contributed by atoms with van der Waals surface area (Å²) in [5.74, 6) is 0.529. The second-order valence-corrected chi connectivity index (χ2v) is 13.9. The van der Waals surface area contributed by atoms with Crippen molar-refractivity contribution >= 4 is 26.8 Å². The normalized spacial score (nSPS) is 24.4. The first-order chi connectivity index (χ1) is 13.8. The molecule has 1 aliphatic heterocycles. The lowest BCUT2D eigenvalue weighted by atomic mass is 9.84. The Kier molecular flexibility index (Phi) is 6.20. The van der Waals surface area contributed by atoms with Gasteiger partial charge in [0.2, 0.25) is 5.91 Å². The molecule has 1 aromatic rings. The molecule has 0 bridgehead atoms. The van der Waals surface area contributed by atoms with Gasteiger partial charge in [-0.15, -0.1) is 9.53 Å². The number of hydrogen-bond acceptors (Lipinski definition) is 3. The van der Waals surface area contributed by atoms with Crippen molar-refractivity contribution < 1.29 is 13.6 Å². The fourth-order valence-electron chi connectivity index (χ4n) is 4.06. The molecule has 0 atom stereocenters. The second-order valence-electron chi connectivity index (χ2n) is 9.91. The topological polar surface area (TPSA) is 81.7 Å². The van der Waals surface area contributed by atoms with Gasteiger partial charge in [0.15, 0.2) is 0 Å². The van der Waals surface area contributed by atoms with Gasteiger partial charge >= 0.3 is 0 Å². The second kappa shape index (κ2) is 8.09. The maximum absolute atomic E-state index is 13.1. The van der Waals surface area contributed by atoms with E-state index >= 15 is 0 Å². The fraction of sp³-hybridized carbons (Fsp3) is 0.609. The van der Waals surface area contributed by atoms with Crippen LogP contribution in [0.4, 0.5) is 11.4 Å². The van der Waals surface area contributed by atoms with Crippen LogP contribution in [-0.2, 0) is 14.3 Å². The van der Waals surface area contributed by atoms with Gasteiger partial charge in [0.1, 0.15) is 0 Å². The first kappa shape index (κ1) is 23.0. The Morgan fingerprint density at radius 2 is 1.77 bits per heavy atom. The lowest BCUT2D eigenvalue weighted by molar-refractivity contribution is -0.117. The minimum Gasteiger partial charge on any atom is -0.359 e. The van der Waals surface area contributed by atoms with Crippen molar-refractivity contribution in [1.29, 1.82) is 0 Å². The first-order valence-corrected chi connectivity index (χ1v) is 13.2. The van der Waals surface area contributed by atoms with E-state index in [-0.39, 0.29) is 11.9 Å². The monoisotopic (exact) mass is 435 g/mol. The first-order valence-electron chi connectivity index (χ1n) is 10.9. The molecule has 1 saturated carbocycles. The summed E-state index contributed by atoms with van der Waals surface area (Å²) in [6.07, 6.45) is 6.55. The molecule has 0 unspecified atom stereocenters. The van der Waals surface area contributed by atoms with Crippen LogP contribution in [0.15, 0.2) is 36.5 Å². The molecular weight excluding hydrogens is 398 g/mol. The van der Waals surface area contributed by atoms with E-state index in [0.29, 0.717) is 12.3 Å². The molecule has 1 heterocycles. The maximum atomic E-state index is 13.1. The smallest absolute Gasteiger partial charge is 0.227 e. The molecule has 1 saturated heterocycles. The van der Waals surface area contributed by atoms with Crippen molar-refractivity contribution in [2.24, 2.45) is 5.92 Å². The van der Waals surface area contributed by atoms with Gasteiger partial charge in [-0.05, 0) is 83.1 Å². The Balaban J connectivity index is 1.52. The van der Waals surface area contributed by atoms with Crippen LogP contribution in [0.5, 0.6) is 0 Å². The summed E-state index contributed by atoms with van der Waals surface area (Å²) in [7, 11) is -3.90. The number of amides is 1. The Morgan fingerprint density at radius 1 is 1.17 bits per heavy atom. The number of nitrogens with zero attached hydrogens (tertiary/aromatic N) is 1. The van der Waals surface area contributed by atoms with Crippen LogP contribution in [-0.4, -0.2) is 38.3 Å². The third kappa shape index (κ3) is 4.95. The number of benzene rings is 1. The van der Waals surface area contributed by atoms with Gasteiger partial charge in [-0.3, -0.25) is 9.35 Å². The van der Waals surface area contributed by atoms with Gasteiger partial charge in [0.05, 0.1) is 4.75 Å². The van der Waals surface area contributed by atoms with Gasteiger partial charge in [-0.25, -0.2) is 4.72 Å². The van der Waals surface area contributed by atoms with Crippen LogP contribution in [0.2, 0.25) is 0 Å². The molecule has 168 valence electrons. The molecule has 0 radical (unpaired) electrons. The molecule has 7 heteroatoms. The highest BCUT2D eigenvalue weighted by atomic mass is 32.3. The molecule has 30 heavy (non-hydrogen) atoms. The van der Waals surface area contributed by atoms with Crippen LogP contribution in [0.1, 0.15) is 59.3 Å². The number of anilines is 2. The SMILES string of the molecule is C=C(Nc1ccc(N2CCCC2=O)cc1)C1CCC(NS(C)(=O)(O)C(C)(C)C)CC1. The lowest BCUT2D eigenvalue weighted by Crippen LogP contribution is -2.62. The van der Waals surface area contributed by atoms with Crippen molar-refractivity contribution in [3.8, 4) is 0 Å². The van der Waals surface area contributed by atoms with Crippen LogP contribution >= 0.6 is 0 Å². The van der Waals surface area contributed by atoms with Crippen molar-refractivity contribution in [1.82, 2.24) is 4.72 Å². The minimum absolute atomic E-state index is 0.0417. The third-order valence-corrected chi connectivity index (χ3v) is 10.4. The molecule has 2 fully saturated rings. The average molecular weight is 436 g/mol. The number of carbonyl (C=O) groups is 1. The van der Waals surface area contributed by atoms with Crippen LogP contribution < -0.4 is 14.9 Å². The molecule has 0 spiro atoms. The predicted molar refractivity (Wildman–Crippen MR) is 126 cm³/mol. The quantitative estimate of drug-likeness (QED) is 0.613. The van der Waals surface area contributed by atoms with E-state index in [4.69, 9.17) is 0 Å². The number of hydrogen-bond donors (Lipinski definition) is 3. The van der Waals surface area contributed by atoms with Crippen molar-refractivity contribution in [2.45, 2.75) is 70.1 Å². The predicted octanol–water partition coefficient (Wildman–Crippen LogP) is 4.52. The molecule has 3 rings (SSSR count). The van der Waals surface area contributed by atoms with E-state index < -0.39 is 14.3 Å².